The second-order valence-electron chi connectivity index (χ2n) is 4.74. The molecule has 0 saturated carbocycles. The van der Waals surface area contributed by atoms with Crippen LogP contribution in [-0.2, 0) is 0 Å². The number of nitrogens with one attached hydrogen (secondary N) is 1. The van der Waals surface area contributed by atoms with Gasteiger partial charge in [-0.05, 0) is 36.4 Å². The number of halogens is 2. The minimum absolute atomic E-state index is 0.0563. The van der Waals surface area contributed by atoms with E-state index in [1.54, 1.807) is 24.3 Å². The Morgan fingerprint density at radius 1 is 1.27 bits per heavy atom. The summed E-state index contributed by atoms with van der Waals surface area (Å²) in [7, 11) is 1.85. The van der Waals surface area contributed by atoms with Crippen LogP contribution in [0.25, 0.3) is 0 Å². The molecule has 0 spiro atoms. The Hall–Kier alpha value is -2.11. The monoisotopic (exact) mass is 322 g/mol. The van der Waals surface area contributed by atoms with Crippen LogP contribution in [0.15, 0.2) is 42.5 Å². The summed E-state index contributed by atoms with van der Waals surface area (Å²) >= 11 is 5.86. The first kappa shape index (κ1) is 16.3. The van der Waals surface area contributed by atoms with E-state index in [0.29, 0.717) is 12.2 Å². The molecule has 116 valence electrons. The van der Waals surface area contributed by atoms with Crippen molar-refractivity contribution in [2.24, 2.45) is 0 Å². The second-order valence-corrected chi connectivity index (χ2v) is 5.15. The van der Waals surface area contributed by atoms with Crippen LogP contribution in [-0.4, -0.2) is 31.2 Å². The number of amides is 1. The fraction of sp³-hybridized carbons (Fsp3) is 0.188. The fourth-order valence-electron chi connectivity index (χ4n) is 1.99. The maximum absolute atomic E-state index is 13.7. The van der Waals surface area contributed by atoms with Crippen molar-refractivity contribution in [2.45, 2.75) is 0 Å². The average Bonchev–Trinajstić information content (AvgIpc) is 2.48. The predicted octanol–water partition coefficient (Wildman–Crippen LogP) is 3.16. The molecule has 0 aliphatic rings. The van der Waals surface area contributed by atoms with Gasteiger partial charge in [0.25, 0.3) is 5.91 Å². The van der Waals surface area contributed by atoms with Crippen LogP contribution >= 0.6 is 11.6 Å². The van der Waals surface area contributed by atoms with Crippen molar-refractivity contribution in [2.75, 3.05) is 30.4 Å². The molecule has 0 heterocycles. The molecule has 0 unspecified atom stereocenters. The van der Waals surface area contributed by atoms with Gasteiger partial charge in [-0.15, -0.1) is 0 Å². The lowest BCUT2D eigenvalue weighted by molar-refractivity contribution is 0.102. The number of hydrogen-bond acceptors (Lipinski definition) is 3. The molecule has 6 heteroatoms. The minimum Gasteiger partial charge on any atom is -0.395 e. The van der Waals surface area contributed by atoms with E-state index in [9.17, 15) is 9.18 Å². The van der Waals surface area contributed by atoms with Crippen LogP contribution in [0.4, 0.5) is 15.8 Å². The smallest absolute Gasteiger partial charge is 0.260 e. The third-order valence-corrected chi connectivity index (χ3v) is 3.51. The van der Waals surface area contributed by atoms with Crippen molar-refractivity contribution in [3.8, 4) is 0 Å². The van der Waals surface area contributed by atoms with E-state index in [1.165, 1.54) is 18.2 Å². The average molecular weight is 323 g/mol. The number of likely N-dealkylation sites (N-methyl/N-ethyl adjacent to an activating group) is 1. The first-order chi connectivity index (χ1) is 10.5. The Labute approximate surface area is 133 Å². The Kier molecular flexibility index (Phi) is 5.35. The SMILES string of the molecule is CN(CCO)c1ccc(NC(=O)c2c(F)cccc2Cl)cc1. The number of aliphatic hydroxyl groups is 1. The number of carbonyl (C=O) groups is 1. The zero-order valence-electron chi connectivity index (χ0n) is 12.0. The summed E-state index contributed by atoms with van der Waals surface area (Å²) in [5, 5.41) is 11.6. The van der Waals surface area contributed by atoms with E-state index in [-0.39, 0.29) is 17.2 Å². The molecule has 2 aromatic rings. The van der Waals surface area contributed by atoms with Gasteiger partial charge in [0.1, 0.15) is 5.82 Å². The third kappa shape index (κ3) is 3.75. The van der Waals surface area contributed by atoms with Crippen LogP contribution < -0.4 is 10.2 Å². The van der Waals surface area contributed by atoms with Gasteiger partial charge in [0.05, 0.1) is 17.2 Å². The maximum atomic E-state index is 13.7. The van der Waals surface area contributed by atoms with Gasteiger partial charge in [-0.3, -0.25) is 4.79 Å². The van der Waals surface area contributed by atoms with Gasteiger partial charge in [0, 0.05) is 25.0 Å². The summed E-state index contributed by atoms with van der Waals surface area (Å²) in [4.78, 5) is 14.0. The van der Waals surface area contributed by atoms with Gasteiger partial charge in [-0.25, -0.2) is 4.39 Å². The number of carbonyl (C=O) groups excluding carboxylic acids is 1. The molecule has 0 saturated heterocycles. The topological polar surface area (TPSA) is 52.6 Å². The normalized spacial score (nSPS) is 10.4. The molecule has 4 nitrogen and oxygen atoms in total. The molecule has 2 aromatic carbocycles. The summed E-state index contributed by atoms with van der Waals surface area (Å²) in [5.41, 5.74) is 1.26. The van der Waals surface area contributed by atoms with E-state index >= 15 is 0 Å². The lowest BCUT2D eigenvalue weighted by Gasteiger charge is -2.18. The van der Waals surface area contributed by atoms with Gasteiger partial charge in [0.2, 0.25) is 0 Å². The van der Waals surface area contributed by atoms with E-state index in [1.807, 2.05) is 11.9 Å². The fourth-order valence-corrected chi connectivity index (χ4v) is 2.24. The molecule has 0 radical (unpaired) electrons. The van der Waals surface area contributed by atoms with Crippen LogP contribution in [0.1, 0.15) is 10.4 Å². The summed E-state index contributed by atoms with van der Waals surface area (Å²) < 4.78 is 13.7. The quantitative estimate of drug-likeness (QED) is 0.889. The van der Waals surface area contributed by atoms with E-state index in [0.717, 1.165) is 5.69 Å². The van der Waals surface area contributed by atoms with Crippen LogP contribution in [0.5, 0.6) is 0 Å². The number of benzene rings is 2. The molecule has 2 rings (SSSR count). The lowest BCUT2D eigenvalue weighted by Crippen LogP contribution is -2.21. The van der Waals surface area contributed by atoms with Crippen molar-refractivity contribution < 1.29 is 14.3 Å². The van der Waals surface area contributed by atoms with E-state index in [4.69, 9.17) is 16.7 Å². The highest BCUT2D eigenvalue weighted by Gasteiger charge is 2.15. The summed E-state index contributed by atoms with van der Waals surface area (Å²) in [6.07, 6.45) is 0. The van der Waals surface area contributed by atoms with Crippen molar-refractivity contribution in [3.63, 3.8) is 0 Å². The molecule has 0 bridgehead atoms. The van der Waals surface area contributed by atoms with Crippen molar-refractivity contribution in [3.05, 3.63) is 58.9 Å². The number of rotatable bonds is 5. The molecule has 0 fully saturated rings. The molecule has 0 atom stereocenters. The molecule has 0 aliphatic heterocycles. The van der Waals surface area contributed by atoms with Crippen molar-refractivity contribution in [1.82, 2.24) is 0 Å². The van der Waals surface area contributed by atoms with Crippen LogP contribution in [0.3, 0.4) is 0 Å². The van der Waals surface area contributed by atoms with Crippen LogP contribution in [0, 0.1) is 5.82 Å². The van der Waals surface area contributed by atoms with Gasteiger partial charge in [0.15, 0.2) is 0 Å². The highest BCUT2D eigenvalue weighted by Crippen LogP contribution is 2.22. The van der Waals surface area contributed by atoms with E-state index in [2.05, 4.69) is 5.32 Å². The van der Waals surface area contributed by atoms with Gasteiger partial charge >= 0.3 is 0 Å². The Bertz CT molecular complexity index is 641. The molecule has 22 heavy (non-hydrogen) atoms. The maximum Gasteiger partial charge on any atom is 0.260 e. The Morgan fingerprint density at radius 3 is 2.55 bits per heavy atom. The Balaban J connectivity index is 2.12. The van der Waals surface area contributed by atoms with E-state index < -0.39 is 11.7 Å². The minimum atomic E-state index is -0.663. The highest BCUT2D eigenvalue weighted by molar-refractivity contribution is 6.34. The first-order valence-electron chi connectivity index (χ1n) is 6.70. The number of aliphatic hydroxyl groups excluding tert-OH is 1. The summed E-state index contributed by atoms with van der Waals surface area (Å²) in [5.74, 6) is -1.26. The molecular weight excluding hydrogens is 307 g/mol. The second kappa shape index (κ2) is 7.24. The zero-order chi connectivity index (χ0) is 16.1. The van der Waals surface area contributed by atoms with Crippen LogP contribution in [0.2, 0.25) is 5.02 Å². The molecule has 2 N–H and O–H groups in total. The highest BCUT2D eigenvalue weighted by atomic mass is 35.5. The number of hydrogen-bond donors (Lipinski definition) is 2. The standard InChI is InChI=1S/C16H16ClFN2O2/c1-20(9-10-21)12-7-5-11(6-8-12)19-16(22)15-13(17)3-2-4-14(15)18/h2-8,21H,9-10H2,1H3,(H,19,22). The van der Waals surface area contributed by atoms with Gasteiger partial charge in [-0.2, -0.15) is 0 Å². The molecule has 1 amide bonds. The van der Waals surface area contributed by atoms with Crippen molar-refractivity contribution in [1.29, 1.82) is 0 Å². The predicted molar refractivity (Wildman–Crippen MR) is 86.2 cm³/mol. The molecule has 0 aromatic heterocycles. The Morgan fingerprint density at radius 2 is 1.95 bits per heavy atom. The zero-order valence-corrected chi connectivity index (χ0v) is 12.8. The molecular formula is C16H16ClFN2O2. The first-order valence-corrected chi connectivity index (χ1v) is 7.08. The largest absolute Gasteiger partial charge is 0.395 e. The number of anilines is 2. The molecule has 0 aliphatic carbocycles. The van der Waals surface area contributed by atoms with Gasteiger partial charge in [-0.1, -0.05) is 17.7 Å². The summed E-state index contributed by atoms with van der Waals surface area (Å²) in [6.45, 7) is 0.567. The number of nitrogens with zero attached hydrogens (tertiary/aromatic N) is 1. The third-order valence-electron chi connectivity index (χ3n) is 3.19. The summed E-state index contributed by atoms with van der Waals surface area (Å²) in [6, 6.07) is 11.1. The van der Waals surface area contributed by atoms with Gasteiger partial charge < -0.3 is 15.3 Å². The van der Waals surface area contributed by atoms with Crippen molar-refractivity contribution >= 4 is 28.9 Å². The lowest BCUT2D eigenvalue weighted by atomic mass is 10.2.